The molecule has 1 aliphatic rings. The minimum absolute atomic E-state index is 0.0471. The molecule has 1 unspecified atom stereocenters. The van der Waals surface area contributed by atoms with Crippen LogP contribution < -0.4 is 15.7 Å². The van der Waals surface area contributed by atoms with Crippen LogP contribution in [0.15, 0.2) is 33.5 Å². The Balaban J connectivity index is 0.000000390. The van der Waals surface area contributed by atoms with Crippen molar-refractivity contribution in [3.05, 3.63) is 51.4 Å². The number of aryl methyl sites for hydroxylation is 2. The van der Waals surface area contributed by atoms with E-state index in [0.29, 0.717) is 30.9 Å². The molecular formula is C23H29NO8. The summed E-state index contributed by atoms with van der Waals surface area (Å²) in [7, 11) is 0. The van der Waals surface area contributed by atoms with Crippen LogP contribution in [0.5, 0.6) is 5.75 Å². The summed E-state index contributed by atoms with van der Waals surface area (Å²) in [6.45, 7) is 10.8. The summed E-state index contributed by atoms with van der Waals surface area (Å²) in [4.78, 5) is 31.4. The highest BCUT2D eigenvalue weighted by molar-refractivity contribution is 5.89. The third-order valence-electron chi connectivity index (χ3n) is 4.95. The highest BCUT2D eigenvalue weighted by Crippen LogP contribution is 2.31. The minimum atomic E-state index is -1.26. The first-order chi connectivity index (χ1) is 15.1. The van der Waals surface area contributed by atoms with Gasteiger partial charge in [0.15, 0.2) is 0 Å². The van der Waals surface area contributed by atoms with Crippen molar-refractivity contribution in [2.24, 2.45) is 0 Å². The Bertz CT molecular complexity index is 1030. The molecule has 0 saturated carbocycles. The van der Waals surface area contributed by atoms with Crippen LogP contribution in [-0.4, -0.2) is 54.6 Å². The smallest absolute Gasteiger partial charge is 0.339 e. The van der Waals surface area contributed by atoms with Crippen molar-refractivity contribution in [1.29, 1.82) is 0 Å². The summed E-state index contributed by atoms with van der Waals surface area (Å²) in [6.07, 6.45) is 1.16. The van der Waals surface area contributed by atoms with E-state index in [1.807, 2.05) is 39.8 Å². The number of carboxylic acids is 2. The van der Waals surface area contributed by atoms with Crippen molar-refractivity contribution in [2.75, 3.05) is 26.3 Å². The number of carboxylic acid groups (broad SMARTS) is 2. The molecule has 0 aliphatic carbocycles. The van der Waals surface area contributed by atoms with Gasteiger partial charge in [0.25, 0.3) is 0 Å². The summed E-state index contributed by atoms with van der Waals surface area (Å²) in [5.41, 5.74) is 2.95. The molecule has 0 radical (unpaired) electrons. The molecule has 9 heteroatoms. The Morgan fingerprint density at radius 3 is 2.38 bits per heavy atom. The largest absolute Gasteiger partial charge is 0.490 e. The van der Waals surface area contributed by atoms with E-state index in [2.05, 4.69) is 5.32 Å². The highest BCUT2D eigenvalue weighted by Gasteiger charge is 2.18. The Morgan fingerprint density at radius 1 is 1.19 bits per heavy atom. The molecule has 1 aromatic carbocycles. The van der Waals surface area contributed by atoms with Gasteiger partial charge in [0.05, 0.1) is 6.61 Å². The molecule has 1 aliphatic heterocycles. The van der Waals surface area contributed by atoms with Crippen LogP contribution in [-0.2, 0) is 14.3 Å². The summed E-state index contributed by atoms with van der Waals surface area (Å²) in [5.74, 6) is -1.64. The zero-order valence-corrected chi connectivity index (χ0v) is 18.6. The average molecular weight is 447 g/mol. The van der Waals surface area contributed by atoms with Gasteiger partial charge in [-0.15, -0.1) is 0 Å². The zero-order valence-electron chi connectivity index (χ0n) is 18.6. The van der Waals surface area contributed by atoms with Gasteiger partial charge in [-0.05, 0) is 37.5 Å². The fourth-order valence-corrected chi connectivity index (χ4v) is 3.42. The molecule has 32 heavy (non-hydrogen) atoms. The third kappa shape index (κ3) is 6.66. The quantitative estimate of drug-likeness (QED) is 0.451. The van der Waals surface area contributed by atoms with Crippen LogP contribution in [0.2, 0.25) is 0 Å². The Labute approximate surface area is 185 Å². The molecule has 1 fully saturated rings. The average Bonchev–Trinajstić information content (AvgIpc) is 2.73. The van der Waals surface area contributed by atoms with Crippen LogP contribution in [0.3, 0.4) is 0 Å². The maximum absolute atomic E-state index is 12.3. The minimum Gasteiger partial charge on any atom is -0.490 e. The molecule has 1 aromatic heterocycles. The lowest BCUT2D eigenvalue weighted by molar-refractivity contribution is -0.134. The van der Waals surface area contributed by atoms with E-state index in [0.717, 1.165) is 40.9 Å². The van der Waals surface area contributed by atoms with E-state index in [-0.39, 0.29) is 17.6 Å². The topological polar surface area (TPSA) is 135 Å². The standard InChI is InChI=1S/C19H25NO4.C4H4O4/c1-11(2)17-12(3)15-5-6-16(13(4)18(15)24-19(17)21)23-10-14-9-20-7-8-22-14;5-3(6)1-2-4(7)8/h5-6,11,14,20H,7-10H2,1-4H3;1-2H,(H,5,6)(H,7,8). The van der Waals surface area contributed by atoms with Crippen LogP contribution >= 0.6 is 0 Å². The number of hydrogen-bond donors (Lipinski definition) is 3. The number of rotatable bonds is 6. The summed E-state index contributed by atoms with van der Waals surface area (Å²) >= 11 is 0. The van der Waals surface area contributed by atoms with Crippen molar-refractivity contribution < 1.29 is 33.7 Å². The second-order valence-corrected chi connectivity index (χ2v) is 7.67. The van der Waals surface area contributed by atoms with Crippen LogP contribution in [0.1, 0.15) is 36.5 Å². The van der Waals surface area contributed by atoms with Gasteiger partial charge in [0.2, 0.25) is 0 Å². The van der Waals surface area contributed by atoms with E-state index in [9.17, 15) is 14.4 Å². The van der Waals surface area contributed by atoms with Gasteiger partial charge >= 0.3 is 17.6 Å². The molecule has 0 amide bonds. The van der Waals surface area contributed by atoms with Gasteiger partial charge < -0.3 is 29.4 Å². The molecule has 2 aromatic rings. The fraction of sp³-hybridized carbons (Fsp3) is 0.435. The molecular weight excluding hydrogens is 418 g/mol. The predicted molar refractivity (Wildman–Crippen MR) is 119 cm³/mol. The van der Waals surface area contributed by atoms with Crippen molar-refractivity contribution in [3.8, 4) is 5.75 Å². The maximum atomic E-state index is 12.3. The first kappa shape index (κ1) is 25.1. The van der Waals surface area contributed by atoms with Crippen molar-refractivity contribution in [2.45, 2.75) is 39.7 Å². The predicted octanol–water partition coefficient (Wildman–Crippen LogP) is 2.61. The van der Waals surface area contributed by atoms with Gasteiger partial charge in [-0.3, -0.25) is 0 Å². The molecule has 3 rings (SSSR count). The van der Waals surface area contributed by atoms with Crippen LogP contribution in [0, 0.1) is 13.8 Å². The SMILES string of the molecule is Cc1c(C(C)C)c(=O)oc2c(C)c(OCC3CNCCO3)ccc12.O=C(O)C=CC(=O)O. The molecule has 1 saturated heterocycles. The molecule has 2 heterocycles. The second kappa shape index (κ2) is 11.4. The normalized spacial score (nSPS) is 16.1. The van der Waals surface area contributed by atoms with E-state index < -0.39 is 11.9 Å². The lowest BCUT2D eigenvalue weighted by Gasteiger charge is -2.24. The van der Waals surface area contributed by atoms with E-state index in [1.165, 1.54) is 0 Å². The monoisotopic (exact) mass is 447 g/mol. The van der Waals surface area contributed by atoms with Crippen molar-refractivity contribution in [3.63, 3.8) is 0 Å². The highest BCUT2D eigenvalue weighted by atomic mass is 16.5. The van der Waals surface area contributed by atoms with Crippen molar-refractivity contribution in [1.82, 2.24) is 5.32 Å². The Hall–Kier alpha value is -3.17. The summed E-state index contributed by atoms with van der Waals surface area (Å²) in [6, 6.07) is 3.92. The number of benzene rings is 1. The van der Waals surface area contributed by atoms with E-state index >= 15 is 0 Å². The number of aliphatic carboxylic acids is 2. The number of ether oxygens (including phenoxy) is 2. The Kier molecular flexibility index (Phi) is 8.98. The number of carbonyl (C=O) groups is 2. The molecule has 1 atom stereocenters. The van der Waals surface area contributed by atoms with Gasteiger partial charge in [-0.25, -0.2) is 14.4 Å². The summed E-state index contributed by atoms with van der Waals surface area (Å²) in [5, 5.41) is 19.9. The van der Waals surface area contributed by atoms with E-state index in [4.69, 9.17) is 24.1 Å². The number of fused-ring (bicyclic) bond motifs is 1. The second-order valence-electron chi connectivity index (χ2n) is 7.67. The van der Waals surface area contributed by atoms with Gasteiger partial charge in [-0.2, -0.15) is 0 Å². The Morgan fingerprint density at radius 2 is 1.84 bits per heavy atom. The number of morpholine rings is 1. The third-order valence-corrected chi connectivity index (χ3v) is 4.95. The lowest BCUT2D eigenvalue weighted by atomic mass is 9.96. The summed E-state index contributed by atoms with van der Waals surface area (Å²) < 4.78 is 17.2. The zero-order chi connectivity index (χ0) is 23.8. The molecule has 174 valence electrons. The first-order valence-corrected chi connectivity index (χ1v) is 10.3. The lowest BCUT2D eigenvalue weighted by Crippen LogP contribution is -2.41. The van der Waals surface area contributed by atoms with E-state index in [1.54, 1.807) is 0 Å². The van der Waals surface area contributed by atoms with Crippen LogP contribution in [0.4, 0.5) is 0 Å². The molecule has 9 nitrogen and oxygen atoms in total. The first-order valence-electron chi connectivity index (χ1n) is 10.3. The van der Waals surface area contributed by atoms with Crippen molar-refractivity contribution >= 4 is 22.9 Å². The number of hydrogen-bond acceptors (Lipinski definition) is 7. The van der Waals surface area contributed by atoms with Gasteiger partial charge in [0.1, 0.15) is 24.0 Å². The van der Waals surface area contributed by atoms with Crippen LogP contribution in [0.25, 0.3) is 11.0 Å². The number of nitrogens with one attached hydrogen (secondary N) is 1. The molecule has 3 N–H and O–H groups in total. The maximum Gasteiger partial charge on any atom is 0.339 e. The van der Waals surface area contributed by atoms with Gasteiger partial charge in [-0.1, -0.05) is 13.8 Å². The van der Waals surface area contributed by atoms with Gasteiger partial charge in [0, 0.05) is 41.8 Å². The fourth-order valence-electron chi connectivity index (χ4n) is 3.42. The molecule has 0 spiro atoms. The molecule has 0 bridgehead atoms.